The minimum atomic E-state index is -0.0660. The molecule has 1 aromatic carbocycles. The van der Waals surface area contributed by atoms with E-state index < -0.39 is 0 Å². The molecule has 1 aromatic rings. The SMILES string of the molecule is Cc1ccc(C(=O)NCC2CSCCS2)c(N)c1. The van der Waals surface area contributed by atoms with Crippen LogP contribution in [-0.2, 0) is 0 Å². The molecule has 1 saturated heterocycles. The fourth-order valence-electron chi connectivity index (χ4n) is 1.85. The lowest BCUT2D eigenvalue weighted by atomic mass is 10.1. The van der Waals surface area contributed by atoms with Crippen LogP contribution in [0, 0.1) is 6.92 Å². The van der Waals surface area contributed by atoms with Crippen molar-refractivity contribution in [1.29, 1.82) is 0 Å². The van der Waals surface area contributed by atoms with E-state index in [4.69, 9.17) is 5.73 Å². The molecule has 1 unspecified atom stereocenters. The molecular formula is C13H18N2OS2. The van der Waals surface area contributed by atoms with Gasteiger partial charge >= 0.3 is 0 Å². The highest BCUT2D eigenvalue weighted by Gasteiger charge is 2.16. The maximum atomic E-state index is 12.0. The number of amides is 1. The zero-order valence-electron chi connectivity index (χ0n) is 10.4. The van der Waals surface area contributed by atoms with Crippen molar-refractivity contribution >= 4 is 35.1 Å². The number of anilines is 1. The van der Waals surface area contributed by atoms with Gasteiger partial charge in [-0.3, -0.25) is 4.79 Å². The summed E-state index contributed by atoms with van der Waals surface area (Å²) in [7, 11) is 0. The number of carbonyl (C=O) groups excluding carboxylic acids is 1. The van der Waals surface area contributed by atoms with Crippen molar-refractivity contribution in [2.75, 3.05) is 29.5 Å². The second-order valence-corrected chi connectivity index (χ2v) is 6.93. The molecule has 3 nitrogen and oxygen atoms in total. The average molecular weight is 282 g/mol. The van der Waals surface area contributed by atoms with E-state index in [2.05, 4.69) is 5.32 Å². The van der Waals surface area contributed by atoms with Gasteiger partial charge in [0.15, 0.2) is 0 Å². The highest BCUT2D eigenvalue weighted by Crippen LogP contribution is 2.23. The summed E-state index contributed by atoms with van der Waals surface area (Å²) in [5, 5.41) is 3.50. The molecular weight excluding hydrogens is 264 g/mol. The number of nitrogen functional groups attached to an aromatic ring is 1. The van der Waals surface area contributed by atoms with E-state index >= 15 is 0 Å². The number of benzene rings is 1. The number of nitrogens with one attached hydrogen (secondary N) is 1. The third-order valence-electron chi connectivity index (χ3n) is 2.83. The van der Waals surface area contributed by atoms with Crippen LogP contribution >= 0.6 is 23.5 Å². The molecule has 3 N–H and O–H groups in total. The van der Waals surface area contributed by atoms with Gasteiger partial charge in [-0.25, -0.2) is 0 Å². The number of rotatable bonds is 3. The predicted molar refractivity (Wildman–Crippen MR) is 81.5 cm³/mol. The molecule has 0 saturated carbocycles. The van der Waals surface area contributed by atoms with E-state index in [1.807, 2.05) is 42.6 Å². The van der Waals surface area contributed by atoms with Crippen LogP contribution in [0.3, 0.4) is 0 Å². The van der Waals surface area contributed by atoms with Gasteiger partial charge in [-0.2, -0.15) is 23.5 Å². The molecule has 1 aliphatic heterocycles. The van der Waals surface area contributed by atoms with E-state index in [1.54, 1.807) is 6.07 Å². The minimum absolute atomic E-state index is 0.0660. The zero-order valence-corrected chi connectivity index (χ0v) is 12.1. The van der Waals surface area contributed by atoms with Gasteiger partial charge in [-0.15, -0.1) is 0 Å². The highest BCUT2D eigenvalue weighted by molar-refractivity contribution is 8.06. The first-order valence-corrected chi connectivity index (χ1v) is 8.21. The summed E-state index contributed by atoms with van der Waals surface area (Å²) in [5.41, 5.74) is 8.07. The lowest BCUT2D eigenvalue weighted by molar-refractivity contribution is 0.0955. The van der Waals surface area contributed by atoms with E-state index in [9.17, 15) is 4.79 Å². The van der Waals surface area contributed by atoms with Gasteiger partial charge in [-0.05, 0) is 24.6 Å². The first-order valence-electron chi connectivity index (χ1n) is 6.00. The maximum Gasteiger partial charge on any atom is 0.253 e. The third kappa shape index (κ3) is 3.59. The van der Waals surface area contributed by atoms with Crippen LogP contribution in [0.15, 0.2) is 18.2 Å². The highest BCUT2D eigenvalue weighted by atomic mass is 32.2. The molecule has 1 atom stereocenters. The van der Waals surface area contributed by atoms with Crippen molar-refractivity contribution in [2.45, 2.75) is 12.2 Å². The summed E-state index contributed by atoms with van der Waals surface area (Å²) in [5.74, 6) is 3.45. The number of hydrogen-bond donors (Lipinski definition) is 2. The Kier molecular flexibility index (Phi) is 4.83. The smallest absolute Gasteiger partial charge is 0.253 e. The summed E-state index contributed by atoms with van der Waals surface area (Å²) in [6.45, 7) is 2.69. The second-order valence-electron chi connectivity index (χ2n) is 4.37. The van der Waals surface area contributed by atoms with Gasteiger partial charge in [0, 0.05) is 34.7 Å². The monoisotopic (exact) mass is 282 g/mol. The largest absolute Gasteiger partial charge is 0.398 e. The normalized spacial score (nSPS) is 19.5. The van der Waals surface area contributed by atoms with Gasteiger partial charge in [0.2, 0.25) is 0 Å². The molecule has 1 aliphatic rings. The lowest BCUT2D eigenvalue weighted by Crippen LogP contribution is -2.33. The molecule has 1 amide bonds. The van der Waals surface area contributed by atoms with E-state index in [-0.39, 0.29) is 5.91 Å². The van der Waals surface area contributed by atoms with Crippen LogP contribution in [-0.4, -0.2) is 35.0 Å². The number of thioether (sulfide) groups is 2. The van der Waals surface area contributed by atoms with E-state index in [0.29, 0.717) is 16.5 Å². The molecule has 0 aromatic heterocycles. The fourth-order valence-corrected chi connectivity index (χ4v) is 4.46. The third-order valence-corrected chi connectivity index (χ3v) is 5.67. The molecule has 5 heteroatoms. The lowest BCUT2D eigenvalue weighted by Gasteiger charge is -2.21. The van der Waals surface area contributed by atoms with Gasteiger partial charge in [0.1, 0.15) is 0 Å². The Labute approximate surface area is 116 Å². The molecule has 1 fully saturated rings. The topological polar surface area (TPSA) is 55.1 Å². The molecule has 18 heavy (non-hydrogen) atoms. The van der Waals surface area contributed by atoms with Crippen LogP contribution in [0.4, 0.5) is 5.69 Å². The molecule has 0 aliphatic carbocycles. The van der Waals surface area contributed by atoms with Crippen molar-refractivity contribution in [3.8, 4) is 0 Å². The summed E-state index contributed by atoms with van der Waals surface area (Å²) in [6, 6.07) is 5.54. The average Bonchev–Trinajstić information content (AvgIpc) is 2.37. The van der Waals surface area contributed by atoms with Crippen LogP contribution in [0.1, 0.15) is 15.9 Å². The van der Waals surface area contributed by atoms with E-state index in [1.165, 1.54) is 11.5 Å². The predicted octanol–water partition coefficient (Wildman–Crippen LogP) is 2.16. The standard InChI is InChI=1S/C13H18N2OS2/c1-9-2-3-11(12(14)6-9)13(16)15-7-10-8-17-4-5-18-10/h2-3,6,10H,4-5,7-8,14H2,1H3,(H,15,16). The van der Waals surface area contributed by atoms with Crippen molar-refractivity contribution < 1.29 is 4.79 Å². The van der Waals surface area contributed by atoms with Crippen LogP contribution in [0.25, 0.3) is 0 Å². The Morgan fingerprint density at radius 1 is 1.50 bits per heavy atom. The van der Waals surface area contributed by atoms with Gasteiger partial charge in [0.05, 0.1) is 5.56 Å². The molecule has 0 bridgehead atoms. The summed E-state index contributed by atoms with van der Waals surface area (Å²) < 4.78 is 0. The van der Waals surface area contributed by atoms with Gasteiger partial charge < -0.3 is 11.1 Å². The Hall–Kier alpha value is -0.810. The van der Waals surface area contributed by atoms with Crippen molar-refractivity contribution in [3.63, 3.8) is 0 Å². The van der Waals surface area contributed by atoms with Gasteiger partial charge in [-0.1, -0.05) is 6.07 Å². The second kappa shape index (κ2) is 6.38. The van der Waals surface area contributed by atoms with Gasteiger partial charge in [0.25, 0.3) is 5.91 Å². The van der Waals surface area contributed by atoms with Crippen molar-refractivity contribution in [3.05, 3.63) is 29.3 Å². The Morgan fingerprint density at radius 2 is 2.33 bits per heavy atom. The Morgan fingerprint density at radius 3 is 3.00 bits per heavy atom. The van der Waals surface area contributed by atoms with Crippen molar-refractivity contribution in [2.24, 2.45) is 0 Å². The number of aryl methyl sites for hydroxylation is 1. The quantitative estimate of drug-likeness (QED) is 0.834. The molecule has 1 heterocycles. The first kappa shape index (κ1) is 13.6. The zero-order chi connectivity index (χ0) is 13.0. The van der Waals surface area contributed by atoms with Crippen LogP contribution in [0.5, 0.6) is 0 Å². The minimum Gasteiger partial charge on any atom is -0.398 e. The van der Waals surface area contributed by atoms with Crippen LogP contribution in [0.2, 0.25) is 0 Å². The molecule has 2 rings (SSSR count). The fraction of sp³-hybridized carbons (Fsp3) is 0.462. The molecule has 0 spiro atoms. The Balaban J connectivity index is 1.90. The van der Waals surface area contributed by atoms with Crippen LogP contribution < -0.4 is 11.1 Å². The number of hydrogen-bond acceptors (Lipinski definition) is 4. The molecule has 0 radical (unpaired) electrons. The van der Waals surface area contributed by atoms with Crippen molar-refractivity contribution in [1.82, 2.24) is 5.32 Å². The van der Waals surface area contributed by atoms with E-state index in [0.717, 1.165) is 17.9 Å². The molecule has 98 valence electrons. The first-order chi connectivity index (χ1) is 8.66. The summed E-state index contributed by atoms with van der Waals surface area (Å²) in [6.07, 6.45) is 0. The summed E-state index contributed by atoms with van der Waals surface area (Å²) in [4.78, 5) is 12.0. The maximum absolute atomic E-state index is 12.0. The Bertz CT molecular complexity index is 431. The number of nitrogens with two attached hydrogens (primary N) is 1. The number of carbonyl (C=O) groups is 1. The summed E-state index contributed by atoms with van der Waals surface area (Å²) >= 11 is 3.90.